The predicted octanol–water partition coefficient (Wildman–Crippen LogP) is 1.77. The average Bonchev–Trinajstić information content (AvgIpc) is 3.48. The number of hydrogen-bond acceptors (Lipinski definition) is 5. The predicted molar refractivity (Wildman–Crippen MR) is 116 cm³/mol. The number of halogens is 3. The normalized spacial score (nSPS) is 17.4. The van der Waals surface area contributed by atoms with E-state index in [2.05, 4.69) is 5.10 Å². The number of para-hydroxylation sites is 1. The van der Waals surface area contributed by atoms with Crippen molar-refractivity contribution in [3.63, 3.8) is 0 Å². The Morgan fingerprint density at radius 2 is 1.71 bits per heavy atom. The second-order valence-electron chi connectivity index (χ2n) is 7.94. The molecule has 0 saturated carbocycles. The van der Waals surface area contributed by atoms with Crippen LogP contribution in [0.5, 0.6) is 0 Å². The molecule has 13 heteroatoms. The minimum Gasteiger partial charge on any atom is -0.467 e. The molecule has 10 nitrogen and oxygen atoms in total. The molecule has 0 bridgehead atoms. The van der Waals surface area contributed by atoms with Gasteiger partial charge in [-0.25, -0.2) is 9.48 Å². The van der Waals surface area contributed by atoms with Crippen molar-refractivity contribution < 1.29 is 22.4 Å². The zero-order valence-electron chi connectivity index (χ0n) is 17.9. The molecule has 1 amide bonds. The van der Waals surface area contributed by atoms with Gasteiger partial charge in [-0.1, -0.05) is 18.2 Å². The quantitative estimate of drug-likeness (QED) is 0.403. The Morgan fingerprint density at radius 1 is 1.00 bits per heavy atom. The Bertz CT molecular complexity index is 1630. The zero-order valence-corrected chi connectivity index (χ0v) is 17.9. The summed E-state index contributed by atoms with van der Waals surface area (Å²) in [5.41, 5.74) is -9.47. The van der Waals surface area contributed by atoms with Crippen LogP contribution in [0.25, 0.3) is 5.69 Å². The van der Waals surface area contributed by atoms with Gasteiger partial charge in [0.2, 0.25) is 5.41 Å². The minimum absolute atomic E-state index is 0.185. The standard InChI is InChI=1S/C22H16F3N5O5/c1-11-14(18(32)30(28-11)12-6-3-2-4-7-12)21(22(23,24)25)15-16(26-19(21)33)29(20(34)27-17(15)31)10-13-8-5-9-35-13/h2-9,28H,10H2,1H3,(H,26,33)(H,27,31,34)/t21-/m1/s1. The van der Waals surface area contributed by atoms with Gasteiger partial charge in [-0.05, 0) is 31.2 Å². The number of nitrogens with zero attached hydrogens (tertiary/aromatic N) is 2. The van der Waals surface area contributed by atoms with Gasteiger partial charge >= 0.3 is 11.9 Å². The van der Waals surface area contributed by atoms with E-state index in [1.165, 1.54) is 37.5 Å². The SMILES string of the molecule is Cc1[nH]n(-c2ccccc2)c(=O)c1[C@]1(C(F)(F)F)C(=O)Nc2c1c(=O)[nH]c(=O)n2Cc1ccco1. The fraction of sp³-hybridized carbons (Fsp3) is 0.182. The summed E-state index contributed by atoms with van der Waals surface area (Å²) < 4.78 is 51.5. The number of benzene rings is 1. The number of alkyl halides is 3. The van der Waals surface area contributed by atoms with Gasteiger partial charge in [0.1, 0.15) is 11.6 Å². The van der Waals surface area contributed by atoms with Crippen molar-refractivity contribution >= 4 is 11.7 Å². The number of furan rings is 1. The van der Waals surface area contributed by atoms with Crippen LogP contribution in [-0.4, -0.2) is 31.4 Å². The van der Waals surface area contributed by atoms with Crippen LogP contribution < -0.4 is 22.1 Å². The summed E-state index contributed by atoms with van der Waals surface area (Å²) in [6.45, 7) is 0.821. The van der Waals surface area contributed by atoms with Gasteiger partial charge in [-0.3, -0.25) is 29.0 Å². The molecule has 1 aliphatic heterocycles. The van der Waals surface area contributed by atoms with Crippen molar-refractivity contribution in [2.75, 3.05) is 5.32 Å². The van der Waals surface area contributed by atoms with Gasteiger partial charge in [0.15, 0.2) is 0 Å². The van der Waals surface area contributed by atoms with Gasteiger partial charge < -0.3 is 9.73 Å². The van der Waals surface area contributed by atoms with E-state index in [9.17, 15) is 32.3 Å². The molecule has 0 aliphatic carbocycles. The Labute approximate surface area is 192 Å². The van der Waals surface area contributed by atoms with E-state index in [0.29, 0.717) is 0 Å². The highest BCUT2D eigenvalue weighted by Gasteiger charge is 2.70. The molecule has 5 rings (SSSR count). The monoisotopic (exact) mass is 487 g/mol. The zero-order chi connectivity index (χ0) is 25.1. The lowest BCUT2D eigenvalue weighted by Gasteiger charge is -2.28. The molecule has 1 aliphatic rings. The maximum absolute atomic E-state index is 14.9. The summed E-state index contributed by atoms with van der Waals surface area (Å²) in [6.07, 6.45) is -4.14. The molecule has 0 unspecified atom stereocenters. The van der Waals surface area contributed by atoms with E-state index >= 15 is 0 Å². The summed E-state index contributed by atoms with van der Waals surface area (Å²) >= 11 is 0. The number of hydrogen-bond donors (Lipinski definition) is 3. The van der Waals surface area contributed by atoms with Gasteiger partial charge in [0.05, 0.1) is 29.6 Å². The van der Waals surface area contributed by atoms with Crippen LogP contribution in [0.15, 0.2) is 67.5 Å². The minimum atomic E-state index is -5.43. The molecule has 0 spiro atoms. The van der Waals surface area contributed by atoms with Crippen LogP contribution in [0.2, 0.25) is 0 Å². The molecule has 4 heterocycles. The number of H-pyrrole nitrogens is 2. The number of carbonyl (C=O) groups excluding carboxylic acids is 1. The Hall–Kier alpha value is -4.55. The van der Waals surface area contributed by atoms with Gasteiger partial charge in [0, 0.05) is 5.69 Å². The number of aryl methyl sites for hydroxylation is 1. The van der Waals surface area contributed by atoms with Crippen molar-refractivity contribution in [3.8, 4) is 5.69 Å². The number of aromatic nitrogens is 4. The molecule has 0 radical (unpaired) electrons. The molecule has 1 atom stereocenters. The van der Waals surface area contributed by atoms with E-state index < -0.39 is 51.3 Å². The molecule has 4 aromatic rings. The Balaban J connectivity index is 1.86. The van der Waals surface area contributed by atoms with E-state index in [-0.39, 0.29) is 23.7 Å². The summed E-state index contributed by atoms with van der Waals surface area (Å²) in [6, 6.07) is 10.7. The average molecular weight is 487 g/mol. The maximum Gasteiger partial charge on any atom is 0.411 e. The second-order valence-corrected chi connectivity index (χ2v) is 7.94. The molecule has 3 aromatic heterocycles. The molecular weight excluding hydrogens is 471 g/mol. The third-order valence-corrected chi connectivity index (χ3v) is 5.93. The van der Waals surface area contributed by atoms with Crippen molar-refractivity contribution in [1.82, 2.24) is 19.3 Å². The highest BCUT2D eigenvalue weighted by atomic mass is 19.4. The van der Waals surface area contributed by atoms with Gasteiger partial charge in [-0.2, -0.15) is 13.2 Å². The highest BCUT2D eigenvalue weighted by molar-refractivity contribution is 6.08. The first kappa shape index (κ1) is 22.3. The van der Waals surface area contributed by atoms with E-state index in [1.54, 1.807) is 18.2 Å². The van der Waals surface area contributed by atoms with Crippen LogP contribution >= 0.6 is 0 Å². The smallest absolute Gasteiger partial charge is 0.411 e. The van der Waals surface area contributed by atoms with Crippen LogP contribution in [0, 0.1) is 6.92 Å². The third kappa shape index (κ3) is 3.04. The first-order chi connectivity index (χ1) is 16.6. The molecule has 35 heavy (non-hydrogen) atoms. The fourth-order valence-corrected chi connectivity index (χ4v) is 4.47. The van der Waals surface area contributed by atoms with Gasteiger partial charge in [-0.15, -0.1) is 0 Å². The number of aromatic amines is 2. The molecular formula is C22H16F3N5O5. The third-order valence-electron chi connectivity index (χ3n) is 5.93. The summed E-state index contributed by atoms with van der Waals surface area (Å²) in [4.78, 5) is 53.8. The maximum atomic E-state index is 14.9. The number of fused-ring (bicyclic) bond motifs is 1. The van der Waals surface area contributed by atoms with Crippen LogP contribution in [0.3, 0.4) is 0 Å². The first-order valence-electron chi connectivity index (χ1n) is 10.2. The topological polar surface area (TPSA) is 135 Å². The lowest BCUT2D eigenvalue weighted by atomic mass is 9.75. The number of nitrogens with one attached hydrogen (secondary N) is 3. The highest BCUT2D eigenvalue weighted by Crippen LogP contribution is 2.51. The number of carbonyl (C=O) groups is 1. The molecule has 0 saturated heterocycles. The largest absolute Gasteiger partial charge is 0.467 e. The fourth-order valence-electron chi connectivity index (χ4n) is 4.47. The van der Waals surface area contributed by atoms with Crippen molar-refractivity contribution in [2.24, 2.45) is 0 Å². The van der Waals surface area contributed by atoms with Crippen molar-refractivity contribution in [3.05, 3.63) is 103 Å². The molecule has 3 N–H and O–H groups in total. The molecule has 180 valence electrons. The Kier molecular flexibility index (Phi) is 4.76. The van der Waals surface area contributed by atoms with Crippen LogP contribution in [0.1, 0.15) is 22.6 Å². The lowest BCUT2D eigenvalue weighted by Crippen LogP contribution is -2.54. The second kappa shape index (κ2) is 7.48. The van der Waals surface area contributed by atoms with Gasteiger partial charge in [0.25, 0.3) is 17.0 Å². The lowest BCUT2D eigenvalue weighted by molar-refractivity contribution is -0.181. The number of amides is 1. The van der Waals surface area contributed by atoms with Crippen molar-refractivity contribution in [1.29, 1.82) is 0 Å². The number of rotatable bonds is 4. The summed E-state index contributed by atoms with van der Waals surface area (Å²) in [7, 11) is 0. The van der Waals surface area contributed by atoms with E-state index in [1.807, 2.05) is 10.3 Å². The van der Waals surface area contributed by atoms with Crippen LogP contribution in [0.4, 0.5) is 19.0 Å². The van der Waals surface area contributed by atoms with E-state index in [4.69, 9.17) is 4.42 Å². The molecule has 1 aromatic carbocycles. The number of anilines is 1. The first-order valence-corrected chi connectivity index (χ1v) is 10.2. The van der Waals surface area contributed by atoms with Crippen LogP contribution in [-0.2, 0) is 16.8 Å². The summed E-state index contributed by atoms with van der Waals surface area (Å²) in [5, 5.41) is 4.60. The molecule has 0 fully saturated rings. The Morgan fingerprint density at radius 3 is 2.34 bits per heavy atom. The van der Waals surface area contributed by atoms with Crippen molar-refractivity contribution in [2.45, 2.75) is 25.1 Å². The summed E-state index contributed by atoms with van der Waals surface area (Å²) in [5.74, 6) is -2.16. The van der Waals surface area contributed by atoms with E-state index in [0.717, 1.165) is 9.25 Å².